The topological polar surface area (TPSA) is 122 Å². The molecule has 0 radical (unpaired) electrons. The molecule has 0 aliphatic rings. The third-order valence-corrected chi connectivity index (χ3v) is 3.12. The number of nitrogen functional groups attached to an aromatic ring is 1. The molecule has 1 heterocycles. The van der Waals surface area contributed by atoms with Gasteiger partial charge >= 0.3 is 6.03 Å². The number of carbonyl (C=O) groups excluding carboxylic acids is 1. The Labute approximate surface area is 137 Å². The summed E-state index contributed by atoms with van der Waals surface area (Å²) in [5.74, 6) is 0.139. The van der Waals surface area contributed by atoms with Crippen molar-refractivity contribution in [2.45, 2.75) is 0 Å². The number of carbonyl (C=O) groups is 1. The van der Waals surface area contributed by atoms with Gasteiger partial charge in [-0.15, -0.1) is 9.78 Å². The quantitative estimate of drug-likeness (QED) is 0.682. The molecule has 0 aliphatic carbocycles. The van der Waals surface area contributed by atoms with Crippen LogP contribution in [0.4, 0.5) is 28.1 Å². The smallest absolute Gasteiger partial charge is 0.349 e. The van der Waals surface area contributed by atoms with Crippen LogP contribution in [0.5, 0.6) is 0 Å². The maximum Gasteiger partial charge on any atom is 0.349 e. The predicted molar refractivity (Wildman–Crippen MR) is 89.7 cm³/mol. The van der Waals surface area contributed by atoms with Gasteiger partial charge in [0.15, 0.2) is 0 Å². The minimum absolute atomic E-state index is 0.0421. The Morgan fingerprint density at radius 2 is 1.79 bits per heavy atom. The Morgan fingerprint density at radius 3 is 2.46 bits per heavy atom. The molecule has 0 atom stereocenters. The van der Waals surface area contributed by atoms with Crippen molar-refractivity contribution < 1.29 is 4.79 Å². The van der Waals surface area contributed by atoms with Crippen molar-refractivity contribution in [3.63, 3.8) is 0 Å². The molecule has 1 aromatic heterocycles. The van der Waals surface area contributed by atoms with Gasteiger partial charge in [-0.25, -0.2) is 4.79 Å². The number of nitrogens with zero attached hydrogens (tertiary/aromatic N) is 4. The molecule has 3 rings (SSSR count). The molecule has 118 valence electrons. The van der Waals surface area contributed by atoms with Gasteiger partial charge in [0.2, 0.25) is 11.9 Å². The highest BCUT2D eigenvalue weighted by molar-refractivity contribution is 5.92. The number of hydrogen-bond acceptors (Lipinski definition) is 6. The zero-order chi connectivity index (χ0) is 16.9. The van der Waals surface area contributed by atoms with Gasteiger partial charge in [0, 0.05) is 11.4 Å². The molecule has 0 fully saturated rings. The van der Waals surface area contributed by atoms with E-state index in [1.807, 2.05) is 12.1 Å². The monoisotopic (exact) mass is 319 g/mol. The molecule has 1 amide bonds. The summed E-state index contributed by atoms with van der Waals surface area (Å²) in [5.41, 5.74) is 7.58. The van der Waals surface area contributed by atoms with Crippen molar-refractivity contribution in [1.82, 2.24) is 14.8 Å². The molecule has 0 saturated heterocycles. The Bertz CT molecular complexity index is 894. The average molecular weight is 319 g/mol. The first-order valence-corrected chi connectivity index (χ1v) is 7.02. The number of aromatic nitrogens is 3. The number of rotatable bonds is 3. The summed E-state index contributed by atoms with van der Waals surface area (Å²) in [6, 6.07) is 17.2. The molecule has 8 heteroatoms. The lowest BCUT2D eigenvalue weighted by Gasteiger charge is -2.04. The molecule has 3 aromatic rings. The van der Waals surface area contributed by atoms with E-state index in [1.165, 1.54) is 0 Å². The molecule has 4 N–H and O–H groups in total. The van der Waals surface area contributed by atoms with E-state index in [-0.39, 0.29) is 11.9 Å². The second-order valence-electron chi connectivity index (χ2n) is 4.82. The summed E-state index contributed by atoms with van der Waals surface area (Å²) < 4.78 is 0.971. The number of nitrogens with two attached hydrogens (primary N) is 1. The molecule has 0 aliphatic heterocycles. The minimum atomic E-state index is -0.515. The van der Waals surface area contributed by atoms with E-state index in [0.29, 0.717) is 16.9 Å². The van der Waals surface area contributed by atoms with Crippen LogP contribution in [0.25, 0.3) is 0 Å². The summed E-state index contributed by atoms with van der Waals surface area (Å²) in [7, 11) is 0. The lowest BCUT2D eigenvalue weighted by molar-refractivity contribution is 0.251. The number of hydrogen-bond donors (Lipinski definition) is 3. The van der Waals surface area contributed by atoms with Crippen molar-refractivity contribution in [2.75, 3.05) is 16.4 Å². The van der Waals surface area contributed by atoms with Crippen molar-refractivity contribution in [1.29, 1.82) is 5.26 Å². The second kappa shape index (κ2) is 6.50. The molecule has 0 unspecified atom stereocenters. The zero-order valence-electron chi connectivity index (χ0n) is 12.5. The van der Waals surface area contributed by atoms with Gasteiger partial charge in [-0.3, -0.25) is 0 Å². The zero-order valence-corrected chi connectivity index (χ0v) is 12.5. The second-order valence-corrected chi connectivity index (χ2v) is 4.82. The van der Waals surface area contributed by atoms with Crippen LogP contribution in [0.15, 0.2) is 54.6 Å². The van der Waals surface area contributed by atoms with Crippen molar-refractivity contribution in [3.05, 3.63) is 60.2 Å². The Hall–Kier alpha value is -3.86. The highest BCUT2D eigenvalue weighted by Crippen LogP contribution is 2.15. The van der Waals surface area contributed by atoms with E-state index in [4.69, 9.17) is 11.0 Å². The summed E-state index contributed by atoms with van der Waals surface area (Å²) in [5, 5.41) is 18.4. The number of para-hydroxylation sites is 1. The molecule has 0 spiro atoms. The lowest BCUT2D eigenvalue weighted by atomic mass is 10.2. The van der Waals surface area contributed by atoms with Gasteiger partial charge in [0.1, 0.15) is 0 Å². The Morgan fingerprint density at radius 1 is 1.08 bits per heavy atom. The largest absolute Gasteiger partial charge is 0.368 e. The standard InChI is InChI=1S/C16H13N7O/c17-10-11-6-8-13(9-7-11)19-15-21-14(18)23(22-15)16(24)20-12-4-2-1-3-5-12/h1-9H,(H,20,24)(H3,18,19,21,22). The van der Waals surface area contributed by atoms with E-state index >= 15 is 0 Å². The summed E-state index contributed by atoms with van der Waals surface area (Å²) in [6.45, 7) is 0. The first-order chi connectivity index (χ1) is 11.7. The van der Waals surface area contributed by atoms with Crippen molar-refractivity contribution >= 4 is 29.3 Å². The normalized spacial score (nSPS) is 9.96. The van der Waals surface area contributed by atoms with E-state index in [2.05, 4.69) is 20.7 Å². The molecular weight excluding hydrogens is 306 g/mol. The molecule has 0 saturated carbocycles. The highest BCUT2D eigenvalue weighted by Gasteiger charge is 2.14. The number of nitrogens with one attached hydrogen (secondary N) is 2. The molecule has 0 bridgehead atoms. The van der Waals surface area contributed by atoms with E-state index < -0.39 is 6.03 Å². The maximum absolute atomic E-state index is 12.2. The van der Waals surface area contributed by atoms with Gasteiger partial charge in [-0.05, 0) is 36.4 Å². The third-order valence-electron chi connectivity index (χ3n) is 3.12. The van der Waals surface area contributed by atoms with E-state index in [0.717, 1.165) is 4.68 Å². The summed E-state index contributed by atoms with van der Waals surface area (Å²) in [4.78, 5) is 16.2. The van der Waals surface area contributed by atoms with Crippen LogP contribution < -0.4 is 16.4 Å². The van der Waals surface area contributed by atoms with Crippen LogP contribution in [-0.4, -0.2) is 20.8 Å². The van der Waals surface area contributed by atoms with E-state index in [1.54, 1.807) is 48.5 Å². The molecular formula is C16H13N7O. The lowest BCUT2D eigenvalue weighted by Crippen LogP contribution is -2.22. The first-order valence-electron chi connectivity index (χ1n) is 7.02. The third kappa shape index (κ3) is 3.31. The Balaban J connectivity index is 1.74. The summed E-state index contributed by atoms with van der Waals surface area (Å²) in [6.07, 6.45) is 0. The first kappa shape index (κ1) is 15.1. The SMILES string of the molecule is N#Cc1ccc(Nc2nc(N)n(C(=O)Nc3ccccc3)n2)cc1. The average Bonchev–Trinajstić information content (AvgIpc) is 2.97. The van der Waals surface area contributed by atoms with Gasteiger partial charge < -0.3 is 16.4 Å². The maximum atomic E-state index is 12.2. The number of benzene rings is 2. The number of anilines is 4. The van der Waals surface area contributed by atoms with Crippen LogP contribution in [0.3, 0.4) is 0 Å². The van der Waals surface area contributed by atoms with Crippen LogP contribution in [0, 0.1) is 11.3 Å². The van der Waals surface area contributed by atoms with Crippen LogP contribution in [0.1, 0.15) is 5.56 Å². The van der Waals surface area contributed by atoms with Gasteiger partial charge in [-0.2, -0.15) is 10.2 Å². The molecule has 24 heavy (non-hydrogen) atoms. The highest BCUT2D eigenvalue weighted by atomic mass is 16.2. The fourth-order valence-corrected chi connectivity index (χ4v) is 1.98. The fraction of sp³-hybridized carbons (Fsp3) is 0. The van der Waals surface area contributed by atoms with Crippen LogP contribution in [-0.2, 0) is 0 Å². The van der Waals surface area contributed by atoms with Gasteiger partial charge in [0.05, 0.1) is 11.6 Å². The molecule has 2 aromatic carbocycles. The minimum Gasteiger partial charge on any atom is -0.368 e. The van der Waals surface area contributed by atoms with Crippen LogP contribution >= 0.6 is 0 Å². The predicted octanol–water partition coefficient (Wildman–Crippen LogP) is 2.56. The van der Waals surface area contributed by atoms with Crippen molar-refractivity contribution in [2.24, 2.45) is 0 Å². The van der Waals surface area contributed by atoms with Crippen molar-refractivity contribution in [3.8, 4) is 6.07 Å². The number of amides is 1. The Kier molecular flexibility index (Phi) is 4.07. The molecule has 8 nitrogen and oxygen atoms in total. The van der Waals surface area contributed by atoms with Crippen LogP contribution in [0.2, 0.25) is 0 Å². The van der Waals surface area contributed by atoms with E-state index in [9.17, 15) is 4.79 Å². The summed E-state index contributed by atoms with van der Waals surface area (Å²) >= 11 is 0. The fourth-order valence-electron chi connectivity index (χ4n) is 1.98. The van der Waals surface area contributed by atoms with Gasteiger partial charge in [-0.1, -0.05) is 18.2 Å². The number of nitriles is 1. The van der Waals surface area contributed by atoms with Gasteiger partial charge in [0.25, 0.3) is 0 Å².